The van der Waals surface area contributed by atoms with Crippen LogP contribution in [-0.4, -0.2) is 40.8 Å². The van der Waals surface area contributed by atoms with Crippen molar-refractivity contribution < 1.29 is 9.90 Å². The molecule has 1 aliphatic carbocycles. The highest BCUT2D eigenvalue weighted by molar-refractivity contribution is 8.01. The fourth-order valence-electron chi connectivity index (χ4n) is 3.49. The van der Waals surface area contributed by atoms with E-state index in [9.17, 15) is 4.79 Å². The molecule has 3 aliphatic rings. The van der Waals surface area contributed by atoms with Crippen LogP contribution in [0, 0.1) is 11.8 Å². The lowest BCUT2D eigenvalue weighted by Gasteiger charge is -2.51. The van der Waals surface area contributed by atoms with Gasteiger partial charge in [0.25, 0.3) is 0 Å². The van der Waals surface area contributed by atoms with Gasteiger partial charge in [0.15, 0.2) is 0 Å². The largest absolute Gasteiger partial charge is 0.480 e. The monoisotopic (exact) mass is 242 g/mol. The number of piperidine rings is 1. The van der Waals surface area contributed by atoms with Crippen LogP contribution in [0.2, 0.25) is 0 Å². The lowest BCUT2D eigenvalue weighted by atomic mass is 9.73. The first-order valence-corrected chi connectivity index (χ1v) is 7.06. The molecule has 0 amide bonds. The standard InChI is InChI=1S/C11H18N2O2S/c14-10(15)9-6-16-11(13-9)7-2-1-3-8(11)5-12-4-7/h7-9,12-13H,1-6H2,(H,14,15)/t7-,8-,9+/m0/s1. The van der Waals surface area contributed by atoms with E-state index in [4.69, 9.17) is 5.11 Å². The second kappa shape index (κ2) is 3.89. The minimum atomic E-state index is -0.694. The van der Waals surface area contributed by atoms with E-state index in [1.165, 1.54) is 19.3 Å². The normalized spacial score (nSPS) is 47.1. The highest BCUT2D eigenvalue weighted by atomic mass is 32.2. The van der Waals surface area contributed by atoms with Gasteiger partial charge in [0.1, 0.15) is 6.04 Å². The first-order chi connectivity index (χ1) is 7.72. The first-order valence-electron chi connectivity index (χ1n) is 6.07. The van der Waals surface area contributed by atoms with Crippen molar-refractivity contribution in [2.45, 2.75) is 30.2 Å². The molecule has 90 valence electrons. The molecule has 4 nitrogen and oxygen atoms in total. The molecule has 1 saturated carbocycles. The molecule has 0 aromatic rings. The summed E-state index contributed by atoms with van der Waals surface area (Å²) in [6.07, 6.45) is 3.77. The summed E-state index contributed by atoms with van der Waals surface area (Å²) >= 11 is 1.86. The third kappa shape index (κ3) is 1.49. The van der Waals surface area contributed by atoms with E-state index >= 15 is 0 Å². The summed E-state index contributed by atoms with van der Waals surface area (Å²) in [5.74, 6) is 1.24. The van der Waals surface area contributed by atoms with Gasteiger partial charge in [-0.25, -0.2) is 0 Å². The number of aliphatic carboxylic acids is 1. The second-order valence-corrected chi connectivity index (χ2v) is 6.42. The zero-order chi connectivity index (χ0) is 11.2. The predicted molar refractivity (Wildman–Crippen MR) is 63.4 cm³/mol. The van der Waals surface area contributed by atoms with Crippen LogP contribution in [-0.2, 0) is 4.79 Å². The maximum Gasteiger partial charge on any atom is 0.321 e. The quantitative estimate of drug-likeness (QED) is 0.625. The number of carboxylic acids is 1. The molecular formula is C11H18N2O2S. The van der Waals surface area contributed by atoms with E-state index in [0.29, 0.717) is 11.8 Å². The Hall–Kier alpha value is -0.260. The average Bonchev–Trinajstić information content (AvgIpc) is 2.63. The fourth-order valence-corrected chi connectivity index (χ4v) is 5.26. The summed E-state index contributed by atoms with van der Waals surface area (Å²) in [6.45, 7) is 2.09. The van der Waals surface area contributed by atoms with Gasteiger partial charge in [-0.15, -0.1) is 11.8 Å². The molecule has 3 N–H and O–H groups in total. The molecule has 3 rings (SSSR count). The number of nitrogens with one attached hydrogen (secondary N) is 2. The zero-order valence-electron chi connectivity index (χ0n) is 9.24. The topological polar surface area (TPSA) is 61.4 Å². The van der Waals surface area contributed by atoms with Crippen molar-refractivity contribution in [1.29, 1.82) is 0 Å². The number of hydrogen-bond acceptors (Lipinski definition) is 4. The van der Waals surface area contributed by atoms with Crippen molar-refractivity contribution in [3.05, 3.63) is 0 Å². The Morgan fingerprint density at radius 3 is 2.56 bits per heavy atom. The van der Waals surface area contributed by atoms with Crippen LogP contribution in [0.4, 0.5) is 0 Å². The highest BCUT2D eigenvalue weighted by Gasteiger charge is 2.54. The van der Waals surface area contributed by atoms with Crippen molar-refractivity contribution in [1.82, 2.24) is 10.6 Å². The maximum atomic E-state index is 11.1. The summed E-state index contributed by atoms with van der Waals surface area (Å²) in [7, 11) is 0. The maximum absolute atomic E-state index is 11.1. The van der Waals surface area contributed by atoms with E-state index in [0.717, 1.165) is 18.8 Å². The Bertz CT molecular complexity index is 288. The fraction of sp³-hybridized carbons (Fsp3) is 0.909. The Labute approximate surface area is 99.5 Å². The van der Waals surface area contributed by atoms with Crippen molar-refractivity contribution in [3.8, 4) is 0 Å². The highest BCUT2D eigenvalue weighted by Crippen LogP contribution is 2.50. The second-order valence-electron chi connectivity index (χ2n) is 5.12. The minimum Gasteiger partial charge on any atom is -0.480 e. The summed E-state index contributed by atoms with van der Waals surface area (Å²) in [6, 6.07) is -0.341. The molecule has 2 bridgehead atoms. The molecular weight excluding hydrogens is 224 g/mol. The van der Waals surface area contributed by atoms with Crippen LogP contribution in [0.3, 0.4) is 0 Å². The number of carboxylic acid groups (broad SMARTS) is 1. The number of carbonyl (C=O) groups is 1. The van der Waals surface area contributed by atoms with Gasteiger partial charge >= 0.3 is 5.97 Å². The Balaban J connectivity index is 1.84. The molecule has 2 aliphatic heterocycles. The van der Waals surface area contributed by atoms with Crippen LogP contribution < -0.4 is 10.6 Å². The zero-order valence-corrected chi connectivity index (χ0v) is 10.1. The number of rotatable bonds is 1. The van der Waals surface area contributed by atoms with Crippen molar-refractivity contribution in [2.24, 2.45) is 11.8 Å². The molecule has 0 unspecified atom stereocenters. The van der Waals surface area contributed by atoms with Gasteiger partial charge in [0, 0.05) is 18.8 Å². The Kier molecular flexibility index (Phi) is 2.64. The van der Waals surface area contributed by atoms with E-state index < -0.39 is 5.97 Å². The molecule has 2 heterocycles. The molecule has 3 atom stereocenters. The summed E-state index contributed by atoms with van der Waals surface area (Å²) in [5.41, 5.74) is 0. The van der Waals surface area contributed by atoms with Gasteiger partial charge in [-0.1, -0.05) is 6.42 Å². The van der Waals surface area contributed by atoms with Crippen LogP contribution >= 0.6 is 11.8 Å². The lowest BCUT2D eigenvalue weighted by molar-refractivity contribution is -0.139. The van der Waals surface area contributed by atoms with Gasteiger partial charge in [0.05, 0.1) is 4.87 Å². The minimum absolute atomic E-state index is 0.0621. The molecule has 0 aromatic heterocycles. The van der Waals surface area contributed by atoms with Crippen molar-refractivity contribution in [2.75, 3.05) is 18.8 Å². The van der Waals surface area contributed by atoms with Crippen LogP contribution in [0.25, 0.3) is 0 Å². The van der Waals surface area contributed by atoms with E-state index in [2.05, 4.69) is 10.6 Å². The van der Waals surface area contributed by atoms with E-state index in [1.54, 1.807) is 0 Å². The SMILES string of the molecule is O=C(O)[C@H]1CSC2(N1)[C@H]1CCC[C@H]2CNC1. The van der Waals surface area contributed by atoms with Gasteiger partial charge in [-0.05, 0) is 24.7 Å². The Morgan fingerprint density at radius 2 is 2.00 bits per heavy atom. The lowest BCUT2D eigenvalue weighted by Crippen LogP contribution is -2.63. The summed E-state index contributed by atoms with van der Waals surface area (Å²) in [4.78, 5) is 11.1. The summed E-state index contributed by atoms with van der Waals surface area (Å²) < 4.78 is 0. The summed E-state index contributed by atoms with van der Waals surface area (Å²) in [5, 5.41) is 16.0. The van der Waals surface area contributed by atoms with E-state index in [1.807, 2.05) is 11.8 Å². The number of thioether (sulfide) groups is 1. The van der Waals surface area contributed by atoms with Crippen molar-refractivity contribution >= 4 is 17.7 Å². The number of hydrogen-bond donors (Lipinski definition) is 3. The Morgan fingerprint density at radius 1 is 1.31 bits per heavy atom. The van der Waals surface area contributed by atoms with Crippen molar-refractivity contribution in [3.63, 3.8) is 0 Å². The molecule has 5 heteroatoms. The smallest absolute Gasteiger partial charge is 0.321 e. The van der Waals surface area contributed by atoms with Crippen LogP contribution in [0.15, 0.2) is 0 Å². The molecule has 2 saturated heterocycles. The van der Waals surface area contributed by atoms with Gasteiger partial charge in [0.2, 0.25) is 0 Å². The molecule has 3 fully saturated rings. The molecule has 16 heavy (non-hydrogen) atoms. The van der Waals surface area contributed by atoms with Crippen LogP contribution in [0.1, 0.15) is 19.3 Å². The average molecular weight is 242 g/mol. The van der Waals surface area contributed by atoms with Crippen LogP contribution in [0.5, 0.6) is 0 Å². The third-order valence-corrected chi connectivity index (χ3v) is 6.05. The molecule has 0 aromatic carbocycles. The van der Waals surface area contributed by atoms with E-state index in [-0.39, 0.29) is 10.9 Å². The predicted octanol–water partition coefficient (Wildman–Crippen LogP) is 0.492. The molecule has 0 radical (unpaired) electrons. The molecule has 1 spiro atoms. The van der Waals surface area contributed by atoms with Gasteiger partial charge in [-0.3, -0.25) is 10.1 Å². The van der Waals surface area contributed by atoms with Gasteiger partial charge in [-0.2, -0.15) is 0 Å². The third-order valence-electron chi connectivity index (χ3n) is 4.29. The first kappa shape index (κ1) is 10.9. The van der Waals surface area contributed by atoms with Gasteiger partial charge < -0.3 is 10.4 Å².